The molecule has 0 aromatic heterocycles. The molecular formula is C15H16N2O2. The molecule has 0 radical (unpaired) electrons. The molecule has 98 valence electrons. The third-order valence-corrected chi connectivity index (χ3v) is 3.09. The molecule has 2 amide bonds. The first kappa shape index (κ1) is 13.1. The zero-order valence-electron chi connectivity index (χ0n) is 10.7. The van der Waals surface area contributed by atoms with Gasteiger partial charge in [-0.1, -0.05) is 43.3 Å². The standard InChI is InChI=1S/C15H16N2O2/c1-2-13(14(16)18)17-15(19)12-9-5-7-10-6-3-4-8-11(10)12/h3-9,13H,2H2,1H3,(H2,16,18)(H,17,19)/t13-/m0/s1. The van der Waals surface area contributed by atoms with Crippen molar-refractivity contribution < 1.29 is 9.59 Å². The Morgan fingerprint density at radius 3 is 2.53 bits per heavy atom. The summed E-state index contributed by atoms with van der Waals surface area (Å²) in [6, 6.07) is 12.5. The number of benzene rings is 2. The lowest BCUT2D eigenvalue weighted by atomic mass is 10.0. The van der Waals surface area contributed by atoms with Gasteiger partial charge in [-0.05, 0) is 23.3 Å². The van der Waals surface area contributed by atoms with Crippen LogP contribution in [-0.4, -0.2) is 17.9 Å². The van der Waals surface area contributed by atoms with Crippen LogP contribution in [0.4, 0.5) is 0 Å². The van der Waals surface area contributed by atoms with Crippen LogP contribution in [0.5, 0.6) is 0 Å². The zero-order valence-corrected chi connectivity index (χ0v) is 10.7. The smallest absolute Gasteiger partial charge is 0.252 e. The van der Waals surface area contributed by atoms with Gasteiger partial charge in [0.2, 0.25) is 5.91 Å². The van der Waals surface area contributed by atoms with E-state index in [2.05, 4.69) is 5.32 Å². The number of rotatable bonds is 4. The molecule has 0 aliphatic carbocycles. The first-order chi connectivity index (χ1) is 9.13. The van der Waals surface area contributed by atoms with Gasteiger partial charge in [-0.25, -0.2) is 0 Å². The monoisotopic (exact) mass is 256 g/mol. The van der Waals surface area contributed by atoms with Crippen LogP contribution >= 0.6 is 0 Å². The number of amides is 2. The van der Waals surface area contributed by atoms with Crippen LogP contribution in [0.25, 0.3) is 10.8 Å². The number of carbonyl (C=O) groups excluding carboxylic acids is 2. The van der Waals surface area contributed by atoms with Crippen LogP contribution in [0.1, 0.15) is 23.7 Å². The summed E-state index contributed by atoms with van der Waals surface area (Å²) in [7, 11) is 0. The van der Waals surface area contributed by atoms with Crippen molar-refractivity contribution in [2.45, 2.75) is 19.4 Å². The maximum Gasteiger partial charge on any atom is 0.252 e. The van der Waals surface area contributed by atoms with E-state index in [1.807, 2.05) is 36.4 Å². The summed E-state index contributed by atoms with van der Waals surface area (Å²) in [5, 5.41) is 4.51. The van der Waals surface area contributed by atoms with E-state index in [0.29, 0.717) is 12.0 Å². The van der Waals surface area contributed by atoms with Gasteiger partial charge in [-0.2, -0.15) is 0 Å². The maximum atomic E-state index is 12.2. The predicted molar refractivity (Wildman–Crippen MR) is 74.7 cm³/mol. The lowest BCUT2D eigenvalue weighted by Gasteiger charge is -2.14. The molecule has 0 aliphatic heterocycles. The Kier molecular flexibility index (Phi) is 3.80. The molecule has 0 unspecified atom stereocenters. The topological polar surface area (TPSA) is 72.2 Å². The summed E-state index contributed by atoms with van der Waals surface area (Å²) in [5.74, 6) is -0.793. The SMILES string of the molecule is CC[C@H](NC(=O)c1cccc2ccccc12)C(N)=O. The van der Waals surface area contributed by atoms with Crippen LogP contribution in [-0.2, 0) is 4.79 Å². The second kappa shape index (κ2) is 5.52. The normalized spacial score (nSPS) is 12.1. The Morgan fingerprint density at radius 2 is 1.84 bits per heavy atom. The molecule has 0 fully saturated rings. The molecule has 0 spiro atoms. The minimum Gasteiger partial charge on any atom is -0.368 e. The quantitative estimate of drug-likeness (QED) is 0.876. The van der Waals surface area contributed by atoms with E-state index < -0.39 is 11.9 Å². The van der Waals surface area contributed by atoms with Gasteiger partial charge in [0.25, 0.3) is 5.91 Å². The van der Waals surface area contributed by atoms with Crippen molar-refractivity contribution in [1.29, 1.82) is 0 Å². The minimum absolute atomic E-state index is 0.276. The number of nitrogens with one attached hydrogen (secondary N) is 1. The molecule has 0 saturated heterocycles. The summed E-state index contributed by atoms with van der Waals surface area (Å²) in [5.41, 5.74) is 5.79. The highest BCUT2D eigenvalue weighted by Gasteiger charge is 2.17. The molecule has 0 saturated carbocycles. The van der Waals surface area contributed by atoms with Crippen molar-refractivity contribution in [3.05, 3.63) is 48.0 Å². The van der Waals surface area contributed by atoms with Gasteiger partial charge in [0.05, 0.1) is 0 Å². The van der Waals surface area contributed by atoms with Crippen LogP contribution in [0.15, 0.2) is 42.5 Å². The number of primary amides is 1. The second-order valence-corrected chi connectivity index (χ2v) is 4.36. The van der Waals surface area contributed by atoms with Crippen LogP contribution in [0, 0.1) is 0 Å². The Balaban J connectivity index is 2.34. The number of hydrogen-bond acceptors (Lipinski definition) is 2. The first-order valence-corrected chi connectivity index (χ1v) is 6.21. The summed E-state index contributed by atoms with van der Waals surface area (Å²) in [6.07, 6.45) is 0.478. The highest BCUT2D eigenvalue weighted by Crippen LogP contribution is 2.18. The lowest BCUT2D eigenvalue weighted by molar-refractivity contribution is -0.119. The van der Waals surface area contributed by atoms with E-state index in [1.165, 1.54) is 0 Å². The van der Waals surface area contributed by atoms with Crippen LogP contribution in [0.2, 0.25) is 0 Å². The Labute approximate surface area is 111 Å². The molecule has 0 bridgehead atoms. The Bertz CT molecular complexity index is 617. The molecular weight excluding hydrogens is 240 g/mol. The first-order valence-electron chi connectivity index (χ1n) is 6.21. The van der Waals surface area contributed by atoms with E-state index in [4.69, 9.17) is 5.73 Å². The van der Waals surface area contributed by atoms with Gasteiger partial charge in [0.15, 0.2) is 0 Å². The highest BCUT2D eigenvalue weighted by atomic mass is 16.2. The number of hydrogen-bond donors (Lipinski definition) is 2. The molecule has 0 heterocycles. The third-order valence-electron chi connectivity index (χ3n) is 3.09. The summed E-state index contributed by atoms with van der Waals surface area (Å²) >= 11 is 0. The molecule has 2 rings (SSSR count). The van der Waals surface area contributed by atoms with Crippen molar-refractivity contribution in [3.63, 3.8) is 0 Å². The van der Waals surface area contributed by atoms with E-state index in [1.54, 1.807) is 13.0 Å². The predicted octanol–water partition coefficient (Wildman–Crippen LogP) is 1.83. The Hall–Kier alpha value is -2.36. The fraction of sp³-hybridized carbons (Fsp3) is 0.200. The molecule has 1 atom stereocenters. The van der Waals surface area contributed by atoms with E-state index >= 15 is 0 Å². The minimum atomic E-state index is -0.633. The highest BCUT2D eigenvalue weighted by molar-refractivity contribution is 6.08. The van der Waals surface area contributed by atoms with Crippen molar-refractivity contribution in [1.82, 2.24) is 5.32 Å². The van der Waals surface area contributed by atoms with Gasteiger partial charge in [0, 0.05) is 5.56 Å². The molecule has 0 aliphatic rings. The average Bonchev–Trinajstić information content (AvgIpc) is 2.43. The number of fused-ring (bicyclic) bond motifs is 1. The van der Waals surface area contributed by atoms with Crippen LogP contribution in [0.3, 0.4) is 0 Å². The zero-order chi connectivity index (χ0) is 13.8. The van der Waals surface area contributed by atoms with Gasteiger partial charge in [-0.3, -0.25) is 9.59 Å². The van der Waals surface area contributed by atoms with Crippen molar-refractivity contribution >= 4 is 22.6 Å². The molecule has 2 aromatic rings. The van der Waals surface area contributed by atoms with E-state index in [0.717, 1.165) is 10.8 Å². The fourth-order valence-electron chi connectivity index (χ4n) is 2.03. The van der Waals surface area contributed by atoms with Gasteiger partial charge in [-0.15, -0.1) is 0 Å². The van der Waals surface area contributed by atoms with E-state index in [9.17, 15) is 9.59 Å². The van der Waals surface area contributed by atoms with Gasteiger partial charge in [0.1, 0.15) is 6.04 Å². The molecule has 4 nitrogen and oxygen atoms in total. The molecule has 3 N–H and O–H groups in total. The van der Waals surface area contributed by atoms with E-state index in [-0.39, 0.29) is 5.91 Å². The van der Waals surface area contributed by atoms with Crippen molar-refractivity contribution in [3.8, 4) is 0 Å². The number of carbonyl (C=O) groups is 2. The van der Waals surface area contributed by atoms with Crippen molar-refractivity contribution in [2.75, 3.05) is 0 Å². The van der Waals surface area contributed by atoms with Crippen molar-refractivity contribution in [2.24, 2.45) is 5.73 Å². The summed E-state index contributed by atoms with van der Waals surface area (Å²) in [4.78, 5) is 23.4. The van der Waals surface area contributed by atoms with Gasteiger partial charge >= 0.3 is 0 Å². The Morgan fingerprint density at radius 1 is 1.16 bits per heavy atom. The maximum absolute atomic E-state index is 12.2. The summed E-state index contributed by atoms with van der Waals surface area (Å²) in [6.45, 7) is 1.80. The third kappa shape index (κ3) is 2.73. The molecule has 4 heteroatoms. The van der Waals surface area contributed by atoms with Gasteiger partial charge < -0.3 is 11.1 Å². The van der Waals surface area contributed by atoms with Crippen LogP contribution < -0.4 is 11.1 Å². The second-order valence-electron chi connectivity index (χ2n) is 4.36. The number of nitrogens with two attached hydrogens (primary N) is 1. The fourth-order valence-corrected chi connectivity index (χ4v) is 2.03. The average molecular weight is 256 g/mol. The molecule has 19 heavy (non-hydrogen) atoms. The molecule has 2 aromatic carbocycles. The lowest BCUT2D eigenvalue weighted by Crippen LogP contribution is -2.43. The largest absolute Gasteiger partial charge is 0.368 e. The summed E-state index contributed by atoms with van der Waals surface area (Å²) < 4.78 is 0.